The number of hydrogen-bond acceptors (Lipinski definition) is 2. The van der Waals surface area contributed by atoms with Crippen molar-refractivity contribution in [3.8, 4) is 5.69 Å². The van der Waals surface area contributed by atoms with Crippen molar-refractivity contribution in [3.05, 3.63) is 46.9 Å². The molecule has 0 saturated heterocycles. The van der Waals surface area contributed by atoms with E-state index in [2.05, 4.69) is 10.2 Å². The zero-order chi connectivity index (χ0) is 9.26. The lowest BCUT2D eigenvalue weighted by Gasteiger charge is -1.99. The third-order valence-electron chi connectivity index (χ3n) is 1.66. The molecular weight excluding hydrogens is 173 g/mol. The lowest BCUT2D eigenvalue weighted by atomic mass is 10.3. The van der Waals surface area contributed by atoms with Crippen molar-refractivity contribution in [1.82, 2.24) is 14.8 Å². The zero-order valence-electron chi connectivity index (χ0n) is 6.57. The maximum atomic E-state index is 13.1. The maximum Gasteiger partial charge on any atom is 0.347 e. The number of benzene rings is 1. The van der Waals surface area contributed by atoms with Crippen LogP contribution in [-0.4, -0.2) is 14.8 Å². The molecule has 0 fully saturated rings. The first-order valence-corrected chi connectivity index (χ1v) is 3.66. The van der Waals surface area contributed by atoms with Gasteiger partial charge in [0.1, 0.15) is 12.1 Å². The van der Waals surface area contributed by atoms with Crippen LogP contribution in [0.3, 0.4) is 0 Å². The first-order valence-electron chi connectivity index (χ1n) is 3.66. The average Bonchev–Trinajstić information content (AvgIpc) is 2.52. The molecule has 0 bridgehead atoms. The van der Waals surface area contributed by atoms with Crippen LogP contribution >= 0.6 is 0 Å². The van der Waals surface area contributed by atoms with Crippen LogP contribution in [0.1, 0.15) is 0 Å². The molecule has 0 radical (unpaired) electrons. The van der Waals surface area contributed by atoms with E-state index in [1.807, 2.05) is 0 Å². The van der Waals surface area contributed by atoms with Gasteiger partial charge < -0.3 is 0 Å². The number of nitrogens with zero attached hydrogens (tertiary/aromatic N) is 2. The summed E-state index contributed by atoms with van der Waals surface area (Å²) in [5.41, 5.74) is -0.258. The van der Waals surface area contributed by atoms with Gasteiger partial charge in [-0.05, 0) is 12.1 Å². The first-order chi connectivity index (χ1) is 6.29. The van der Waals surface area contributed by atoms with Gasteiger partial charge in [-0.25, -0.2) is 18.9 Å². The largest absolute Gasteiger partial charge is 0.347 e. The topological polar surface area (TPSA) is 50.7 Å². The maximum absolute atomic E-state index is 13.1. The molecule has 0 spiro atoms. The molecule has 1 aromatic carbocycles. The van der Waals surface area contributed by atoms with Crippen LogP contribution in [0.15, 0.2) is 35.4 Å². The Hall–Kier alpha value is -1.91. The number of rotatable bonds is 1. The highest BCUT2D eigenvalue weighted by molar-refractivity contribution is 5.32. The first kappa shape index (κ1) is 7.72. The lowest BCUT2D eigenvalue weighted by molar-refractivity contribution is 0.616. The van der Waals surface area contributed by atoms with Gasteiger partial charge in [-0.3, -0.25) is 0 Å². The Bertz CT molecular complexity index is 474. The molecule has 0 amide bonds. The van der Waals surface area contributed by atoms with Crippen molar-refractivity contribution < 1.29 is 4.39 Å². The van der Waals surface area contributed by atoms with Gasteiger partial charge in [-0.15, -0.1) is 0 Å². The Morgan fingerprint density at radius 1 is 1.38 bits per heavy atom. The van der Waals surface area contributed by atoms with E-state index in [1.165, 1.54) is 18.5 Å². The van der Waals surface area contributed by atoms with Gasteiger partial charge in [0.2, 0.25) is 0 Å². The molecule has 0 aliphatic rings. The van der Waals surface area contributed by atoms with Gasteiger partial charge >= 0.3 is 5.69 Å². The molecule has 2 aromatic rings. The summed E-state index contributed by atoms with van der Waals surface area (Å²) >= 11 is 0. The lowest BCUT2D eigenvalue weighted by Crippen LogP contribution is -2.15. The zero-order valence-corrected chi connectivity index (χ0v) is 6.57. The van der Waals surface area contributed by atoms with Gasteiger partial charge in [0.15, 0.2) is 0 Å². The molecule has 0 aliphatic carbocycles. The van der Waals surface area contributed by atoms with Crippen LogP contribution in [0, 0.1) is 5.82 Å². The molecule has 66 valence electrons. The normalized spacial score (nSPS) is 10.2. The number of H-pyrrole nitrogens is 1. The molecule has 13 heavy (non-hydrogen) atoms. The van der Waals surface area contributed by atoms with Gasteiger partial charge in [0, 0.05) is 0 Å². The van der Waals surface area contributed by atoms with Crippen molar-refractivity contribution in [2.45, 2.75) is 0 Å². The van der Waals surface area contributed by atoms with Crippen LogP contribution in [-0.2, 0) is 0 Å². The fraction of sp³-hybridized carbons (Fsp3) is 0. The fourth-order valence-electron chi connectivity index (χ4n) is 1.07. The minimum Gasteiger partial charge on any atom is -0.247 e. The third kappa shape index (κ3) is 1.24. The molecular formula is C8H6FN3O. The highest BCUT2D eigenvalue weighted by Gasteiger charge is 2.04. The Balaban J connectivity index is 2.66. The van der Waals surface area contributed by atoms with Gasteiger partial charge in [0.05, 0.1) is 5.69 Å². The third-order valence-corrected chi connectivity index (χ3v) is 1.66. The average molecular weight is 179 g/mol. The van der Waals surface area contributed by atoms with Crippen molar-refractivity contribution in [2.24, 2.45) is 0 Å². The molecule has 4 nitrogen and oxygen atoms in total. The minimum absolute atomic E-state index is 0.196. The van der Waals surface area contributed by atoms with Crippen LogP contribution in [0.2, 0.25) is 0 Å². The summed E-state index contributed by atoms with van der Waals surface area (Å²) in [6.45, 7) is 0. The molecule has 0 atom stereocenters. The SMILES string of the molecule is O=c1[nH]ncn1-c1ccccc1F. The van der Waals surface area contributed by atoms with Gasteiger partial charge in [0.25, 0.3) is 0 Å². The summed E-state index contributed by atoms with van der Waals surface area (Å²) in [5, 5.41) is 5.68. The quantitative estimate of drug-likeness (QED) is 0.700. The van der Waals surface area contributed by atoms with E-state index in [1.54, 1.807) is 12.1 Å². The number of aromatic nitrogens is 3. The van der Waals surface area contributed by atoms with E-state index < -0.39 is 11.5 Å². The number of para-hydroxylation sites is 1. The summed E-state index contributed by atoms with van der Waals surface area (Å²) in [4.78, 5) is 11.1. The number of hydrogen-bond donors (Lipinski definition) is 1. The molecule has 1 aromatic heterocycles. The van der Waals surface area contributed by atoms with E-state index in [0.717, 1.165) is 4.57 Å². The van der Waals surface area contributed by atoms with Crippen molar-refractivity contribution in [1.29, 1.82) is 0 Å². The molecule has 0 saturated carbocycles. The summed E-state index contributed by atoms with van der Waals surface area (Å²) in [7, 11) is 0. The van der Waals surface area contributed by atoms with E-state index in [9.17, 15) is 9.18 Å². The summed E-state index contributed by atoms with van der Waals surface area (Å²) in [5.74, 6) is -0.453. The molecule has 1 heterocycles. The minimum atomic E-state index is -0.454. The van der Waals surface area contributed by atoms with Crippen LogP contribution < -0.4 is 5.69 Å². The van der Waals surface area contributed by atoms with Crippen LogP contribution in [0.4, 0.5) is 4.39 Å². The highest BCUT2D eigenvalue weighted by Crippen LogP contribution is 2.08. The number of halogens is 1. The Morgan fingerprint density at radius 3 is 2.77 bits per heavy atom. The number of nitrogens with one attached hydrogen (secondary N) is 1. The molecule has 0 unspecified atom stereocenters. The predicted molar refractivity (Wildman–Crippen MR) is 44.1 cm³/mol. The van der Waals surface area contributed by atoms with Gasteiger partial charge in [-0.1, -0.05) is 12.1 Å². The van der Waals surface area contributed by atoms with E-state index in [4.69, 9.17) is 0 Å². The second-order valence-electron chi connectivity index (χ2n) is 2.48. The van der Waals surface area contributed by atoms with Crippen molar-refractivity contribution in [2.75, 3.05) is 0 Å². The Kier molecular flexibility index (Phi) is 1.70. The van der Waals surface area contributed by atoms with E-state index in [-0.39, 0.29) is 5.69 Å². The smallest absolute Gasteiger partial charge is 0.247 e. The fourth-order valence-corrected chi connectivity index (χ4v) is 1.07. The number of aromatic amines is 1. The monoisotopic (exact) mass is 179 g/mol. The second kappa shape index (κ2) is 2.85. The van der Waals surface area contributed by atoms with Crippen LogP contribution in [0.5, 0.6) is 0 Å². The van der Waals surface area contributed by atoms with Crippen molar-refractivity contribution >= 4 is 0 Å². The van der Waals surface area contributed by atoms with E-state index in [0.29, 0.717) is 0 Å². The van der Waals surface area contributed by atoms with Crippen molar-refractivity contribution in [3.63, 3.8) is 0 Å². The molecule has 1 N–H and O–H groups in total. The highest BCUT2D eigenvalue weighted by atomic mass is 19.1. The molecule has 2 rings (SSSR count). The Morgan fingerprint density at radius 2 is 2.15 bits per heavy atom. The van der Waals surface area contributed by atoms with E-state index >= 15 is 0 Å². The summed E-state index contributed by atoms with van der Waals surface area (Å²) in [6, 6.07) is 6.00. The standard InChI is InChI=1S/C8H6FN3O/c9-6-3-1-2-4-7(6)12-5-10-11-8(12)13/h1-5H,(H,11,13). The summed E-state index contributed by atoms with van der Waals surface area (Å²) in [6.07, 6.45) is 1.24. The predicted octanol–water partition coefficient (Wildman–Crippen LogP) is 0.700. The van der Waals surface area contributed by atoms with Crippen LogP contribution in [0.25, 0.3) is 5.69 Å². The summed E-state index contributed by atoms with van der Waals surface area (Å²) < 4.78 is 14.2. The molecule has 5 heteroatoms. The van der Waals surface area contributed by atoms with Gasteiger partial charge in [-0.2, -0.15) is 5.10 Å². The molecule has 0 aliphatic heterocycles. The second-order valence-corrected chi connectivity index (χ2v) is 2.48. The Labute approximate surface area is 72.6 Å².